The van der Waals surface area contributed by atoms with Crippen molar-refractivity contribution in [2.45, 2.75) is 25.9 Å². The van der Waals surface area contributed by atoms with Gasteiger partial charge in [0.05, 0.1) is 22.8 Å². The Bertz CT molecular complexity index is 750. The zero-order chi connectivity index (χ0) is 16.8. The van der Waals surface area contributed by atoms with E-state index < -0.39 is 0 Å². The number of hydrogen-bond donors (Lipinski definition) is 0. The molecule has 1 aromatic rings. The van der Waals surface area contributed by atoms with Crippen LogP contribution in [0.3, 0.4) is 0 Å². The summed E-state index contributed by atoms with van der Waals surface area (Å²) in [7, 11) is 4.27. The first-order valence-electron chi connectivity index (χ1n) is 8.33. The summed E-state index contributed by atoms with van der Waals surface area (Å²) in [6.45, 7) is 6.32. The maximum Gasteiger partial charge on any atom is 0.176 e. The average molecular weight is 341 g/mol. The summed E-state index contributed by atoms with van der Waals surface area (Å²) < 4.78 is 0. The van der Waals surface area contributed by atoms with Crippen LogP contribution in [0.5, 0.6) is 0 Å². The maximum atomic E-state index is 4.95. The Labute approximate surface area is 147 Å². The van der Waals surface area contributed by atoms with E-state index in [1.165, 1.54) is 10.5 Å². The molecular weight excluding hydrogens is 318 g/mol. The van der Waals surface area contributed by atoms with E-state index in [9.17, 15) is 0 Å². The summed E-state index contributed by atoms with van der Waals surface area (Å²) in [6, 6.07) is 5.02. The van der Waals surface area contributed by atoms with Crippen molar-refractivity contribution in [1.29, 1.82) is 0 Å². The third kappa shape index (κ3) is 2.50. The number of hydrogen-bond acceptors (Lipinski definition) is 6. The molecule has 0 N–H and O–H groups in total. The molecule has 1 saturated heterocycles. The lowest BCUT2D eigenvalue weighted by Gasteiger charge is -2.46. The summed E-state index contributed by atoms with van der Waals surface area (Å²) in [4.78, 5) is 17.8. The van der Waals surface area contributed by atoms with Gasteiger partial charge in [-0.15, -0.1) is 11.3 Å². The molecule has 1 aromatic heterocycles. The van der Waals surface area contributed by atoms with Gasteiger partial charge in [0.2, 0.25) is 0 Å². The molecule has 0 spiro atoms. The number of rotatable bonds is 2. The van der Waals surface area contributed by atoms with Crippen LogP contribution in [0, 0.1) is 0 Å². The molecule has 4 rings (SSSR count). The van der Waals surface area contributed by atoms with Gasteiger partial charge in [0.1, 0.15) is 0 Å². The van der Waals surface area contributed by atoms with Crippen LogP contribution in [0.2, 0.25) is 0 Å². The fourth-order valence-electron chi connectivity index (χ4n) is 3.10. The fourth-order valence-corrected chi connectivity index (χ4v) is 3.83. The molecule has 0 aliphatic carbocycles. The van der Waals surface area contributed by atoms with E-state index in [0.717, 1.165) is 30.5 Å². The molecule has 0 saturated carbocycles. The minimum atomic E-state index is 0.204. The highest BCUT2D eigenvalue weighted by atomic mass is 32.1. The summed E-state index contributed by atoms with van der Waals surface area (Å²) in [5.41, 5.74) is 2.39. The van der Waals surface area contributed by atoms with Gasteiger partial charge in [0, 0.05) is 25.3 Å². The van der Waals surface area contributed by atoms with Crippen LogP contribution in [0.15, 0.2) is 45.5 Å². The molecule has 0 aromatic carbocycles. The lowest BCUT2D eigenvalue weighted by Crippen LogP contribution is -2.62. The SMILES string of the molecule is CC1=CN2C(c3cccs3)=CN=C(N3CC(N(C)C)C3)C2=NC1C. The molecular formula is C18H23N5S. The first kappa shape index (κ1) is 15.6. The predicted molar refractivity (Wildman–Crippen MR) is 101 cm³/mol. The van der Waals surface area contributed by atoms with Gasteiger partial charge >= 0.3 is 0 Å². The largest absolute Gasteiger partial charge is 0.350 e. The van der Waals surface area contributed by atoms with Gasteiger partial charge in [0.25, 0.3) is 0 Å². The number of fused-ring (bicyclic) bond motifs is 1. The molecule has 3 aliphatic heterocycles. The van der Waals surface area contributed by atoms with Gasteiger partial charge in [-0.2, -0.15) is 0 Å². The number of likely N-dealkylation sites (tertiary alicyclic amines) is 1. The molecule has 0 bridgehead atoms. The Morgan fingerprint density at radius 1 is 1.25 bits per heavy atom. The predicted octanol–water partition coefficient (Wildman–Crippen LogP) is 2.71. The van der Waals surface area contributed by atoms with Crippen LogP contribution >= 0.6 is 11.3 Å². The number of amidine groups is 2. The topological polar surface area (TPSA) is 34.4 Å². The van der Waals surface area contributed by atoms with Crippen LogP contribution in [0.25, 0.3) is 5.70 Å². The number of thiophene rings is 1. The molecule has 0 amide bonds. The number of nitrogens with zero attached hydrogens (tertiary/aromatic N) is 5. The van der Waals surface area contributed by atoms with Crippen molar-refractivity contribution >= 4 is 28.7 Å². The zero-order valence-corrected chi connectivity index (χ0v) is 15.4. The van der Waals surface area contributed by atoms with Crippen molar-refractivity contribution in [3.05, 3.63) is 40.4 Å². The molecule has 1 fully saturated rings. The highest BCUT2D eigenvalue weighted by Crippen LogP contribution is 2.32. The van der Waals surface area contributed by atoms with Gasteiger partial charge in [-0.1, -0.05) is 6.07 Å². The summed E-state index contributed by atoms with van der Waals surface area (Å²) in [5, 5.41) is 2.10. The molecule has 126 valence electrons. The van der Waals surface area contributed by atoms with E-state index in [-0.39, 0.29) is 6.04 Å². The van der Waals surface area contributed by atoms with E-state index >= 15 is 0 Å². The minimum absolute atomic E-state index is 0.204. The second kappa shape index (κ2) is 5.86. The van der Waals surface area contributed by atoms with E-state index in [0.29, 0.717) is 6.04 Å². The van der Waals surface area contributed by atoms with Crippen molar-refractivity contribution in [2.24, 2.45) is 9.98 Å². The zero-order valence-electron chi connectivity index (χ0n) is 14.6. The standard InChI is InChI=1S/C18H23N5S/c1-12-9-23-15(16-6-5-7-24-16)8-19-17(18(23)20-13(12)2)22-10-14(11-22)21(3)4/h5-9,13-14H,10-11H2,1-4H3. The molecule has 5 nitrogen and oxygen atoms in total. The Balaban J connectivity index is 1.69. The fraction of sp³-hybridized carbons (Fsp3) is 0.444. The van der Waals surface area contributed by atoms with Gasteiger partial charge in [-0.05, 0) is 45.0 Å². The second-order valence-electron chi connectivity index (χ2n) is 6.84. The first-order valence-corrected chi connectivity index (χ1v) is 9.21. The quantitative estimate of drug-likeness (QED) is 0.829. The van der Waals surface area contributed by atoms with Crippen molar-refractivity contribution in [3.63, 3.8) is 0 Å². The molecule has 6 heteroatoms. The van der Waals surface area contributed by atoms with Crippen LogP contribution < -0.4 is 0 Å². The smallest absolute Gasteiger partial charge is 0.176 e. The Kier molecular flexibility index (Phi) is 3.81. The number of likely N-dealkylation sites (N-methyl/N-ethyl adjacent to an activating group) is 1. The molecule has 4 heterocycles. The molecule has 0 radical (unpaired) electrons. The van der Waals surface area contributed by atoms with E-state index in [1.54, 1.807) is 11.3 Å². The van der Waals surface area contributed by atoms with Gasteiger partial charge in [-0.25, -0.2) is 4.99 Å². The van der Waals surface area contributed by atoms with E-state index in [1.807, 2.05) is 6.20 Å². The van der Waals surface area contributed by atoms with Crippen molar-refractivity contribution < 1.29 is 0 Å². The monoisotopic (exact) mass is 341 g/mol. The summed E-state index contributed by atoms with van der Waals surface area (Å²) in [5.74, 6) is 1.99. The van der Waals surface area contributed by atoms with E-state index in [2.05, 4.69) is 66.4 Å². The highest BCUT2D eigenvalue weighted by molar-refractivity contribution is 7.11. The van der Waals surface area contributed by atoms with Crippen molar-refractivity contribution in [3.8, 4) is 0 Å². The third-order valence-corrected chi connectivity index (χ3v) is 5.86. The lowest BCUT2D eigenvalue weighted by molar-refractivity contribution is 0.125. The van der Waals surface area contributed by atoms with Crippen LogP contribution in [-0.4, -0.2) is 65.6 Å². The second-order valence-corrected chi connectivity index (χ2v) is 7.79. The molecule has 1 unspecified atom stereocenters. The van der Waals surface area contributed by atoms with E-state index in [4.69, 9.17) is 9.98 Å². The first-order chi connectivity index (χ1) is 11.5. The van der Waals surface area contributed by atoms with Crippen LogP contribution in [0.4, 0.5) is 0 Å². The average Bonchev–Trinajstić information content (AvgIpc) is 3.01. The Hall–Kier alpha value is -1.92. The molecule has 24 heavy (non-hydrogen) atoms. The van der Waals surface area contributed by atoms with Crippen LogP contribution in [0.1, 0.15) is 18.7 Å². The Morgan fingerprint density at radius 3 is 2.71 bits per heavy atom. The van der Waals surface area contributed by atoms with Gasteiger partial charge < -0.3 is 9.80 Å². The highest BCUT2D eigenvalue weighted by Gasteiger charge is 2.37. The van der Waals surface area contributed by atoms with Crippen molar-refractivity contribution in [2.75, 3.05) is 27.2 Å². The lowest BCUT2D eigenvalue weighted by atomic mass is 10.1. The molecule has 3 aliphatic rings. The maximum absolute atomic E-state index is 4.95. The van der Waals surface area contributed by atoms with Crippen molar-refractivity contribution in [1.82, 2.24) is 14.7 Å². The molecule has 1 atom stereocenters. The van der Waals surface area contributed by atoms with Gasteiger partial charge in [-0.3, -0.25) is 9.89 Å². The normalized spacial score (nSPS) is 24.1. The van der Waals surface area contributed by atoms with Gasteiger partial charge in [0.15, 0.2) is 11.7 Å². The minimum Gasteiger partial charge on any atom is -0.350 e. The van der Waals surface area contributed by atoms with Crippen LogP contribution in [-0.2, 0) is 0 Å². The third-order valence-electron chi connectivity index (χ3n) is 4.97. The Morgan fingerprint density at radius 2 is 2.04 bits per heavy atom. The summed E-state index contributed by atoms with van der Waals surface area (Å²) >= 11 is 1.74. The summed E-state index contributed by atoms with van der Waals surface area (Å²) in [6.07, 6.45) is 4.21. The number of aliphatic imine (C=N–C) groups is 2.